The van der Waals surface area contributed by atoms with Crippen LogP contribution < -0.4 is 0 Å². The van der Waals surface area contributed by atoms with Crippen molar-refractivity contribution in [2.24, 2.45) is 0 Å². The van der Waals surface area contributed by atoms with Crippen LogP contribution in [0.4, 0.5) is 0 Å². The Morgan fingerprint density at radius 3 is 2.61 bits per heavy atom. The van der Waals surface area contributed by atoms with Gasteiger partial charge in [0.25, 0.3) is 0 Å². The van der Waals surface area contributed by atoms with E-state index in [1.807, 2.05) is 65.3 Å². The highest BCUT2D eigenvalue weighted by Gasteiger charge is 2.18. The van der Waals surface area contributed by atoms with Gasteiger partial charge in [-0.3, -0.25) is 4.98 Å². The second-order valence-electron chi connectivity index (χ2n) is 5.15. The summed E-state index contributed by atoms with van der Waals surface area (Å²) in [4.78, 5) is 4.06. The van der Waals surface area contributed by atoms with Crippen molar-refractivity contribution in [2.75, 3.05) is 0 Å². The monoisotopic (exact) mass is 296 g/mol. The molecule has 4 aromatic rings. The highest BCUT2D eigenvalue weighted by Crippen LogP contribution is 2.36. The zero-order chi connectivity index (χ0) is 15.6. The predicted molar refractivity (Wildman–Crippen MR) is 88.6 cm³/mol. The average Bonchev–Trinajstić information content (AvgIpc) is 3.02. The van der Waals surface area contributed by atoms with Crippen LogP contribution >= 0.6 is 0 Å². The molecule has 4 rings (SSSR count). The molecule has 0 bridgehead atoms. The first-order chi connectivity index (χ1) is 11.4. The van der Waals surface area contributed by atoms with Crippen LogP contribution in [0.2, 0.25) is 0 Å². The Morgan fingerprint density at radius 1 is 0.957 bits per heavy atom. The summed E-state index contributed by atoms with van der Waals surface area (Å²) in [6, 6.07) is 20.0. The normalized spacial score (nSPS) is 10.6. The van der Waals surface area contributed by atoms with Crippen LogP contribution in [0.25, 0.3) is 27.9 Å². The van der Waals surface area contributed by atoms with Gasteiger partial charge in [-0.1, -0.05) is 36.4 Å². The van der Waals surface area contributed by atoms with Crippen LogP contribution in [-0.2, 0) is 0 Å². The maximum absolute atomic E-state index is 9.43. The summed E-state index contributed by atoms with van der Waals surface area (Å²) in [7, 11) is 0. The van der Waals surface area contributed by atoms with Crippen LogP contribution in [-0.4, -0.2) is 14.6 Å². The van der Waals surface area contributed by atoms with Crippen LogP contribution in [0.3, 0.4) is 0 Å². The first kappa shape index (κ1) is 13.2. The van der Waals surface area contributed by atoms with E-state index >= 15 is 0 Å². The Labute approximate surface area is 133 Å². The minimum Gasteiger partial charge on any atom is -0.263 e. The molecular weight excluding hydrogens is 284 g/mol. The molecule has 4 heteroatoms. The number of rotatable bonds is 2. The molecule has 0 aliphatic heterocycles. The molecule has 0 saturated carbocycles. The van der Waals surface area contributed by atoms with Gasteiger partial charge in [0.15, 0.2) is 0 Å². The lowest BCUT2D eigenvalue weighted by molar-refractivity contribution is 0.966. The summed E-state index contributed by atoms with van der Waals surface area (Å²) >= 11 is 0. The first-order valence-corrected chi connectivity index (χ1v) is 7.26. The molecule has 0 spiro atoms. The van der Waals surface area contributed by atoms with Gasteiger partial charge in [-0.25, -0.2) is 4.52 Å². The Morgan fingerprint density at radius 2 is 1.78 bits per heavy atom. The Balaban J connectivity index is 2.11. The number of fused-ring (bicyclic) bond motifs is 1. The number of benzene rings is 1. The Kier molecular flexibility index (Phi) is 3.10. The molecule has 0 radical (unpaired) electrons. The van der Waals surface area contributed by atoms with E-state index in [9.17, 15) is 5.26 Å². The Bertz CT molecular complexity index is 1030. The van der Waals surface area contributed by atoms with E-state index in [1.165, 1.54) is 0 Å². The minimum absolute atomic E-state index is 0.545. The van der Waals surface area contributed by atoms with Gasteiger partial charge in [0.1, 0.15) is 11.8 Å². The van der Waals surface area contributed by atoms with Crippen molar-refractivity contribution < 1.29 is 0 Å². The zero-order valence-corrected chi connectivity index (χ0v) is 12.2. The predicted octanol–water partition coefficient (Wildman–Crippen LogP) is 3.93. The molecule has 1 aromatic carbocycles. The third kappa shape index (κ3) is 2.16. The fraction of sp³-hybridized carbons (Fsp3) is 0. The number of aromatic nitrogens is 3. The molecule has 0 aliphatic carbocycles. The maximum Gasteiger partial charge on any atom is 0.101 e. The van der Waals surface area contributed by atoms with E-state index in [-0.39, 0.29) is 0 Å². The molecule has 0 aliphatic rings. The van der Waals surface area contributed by atoms with Gasteiger partial charge in [-0.05, 0) is 18.2 Å². The van der Waals surface area contributed by atoms with Crippen LogP contribution in [0, 0.1) is 11.3 Å². The van der Waals surface area contributed by atoms with Gasteiger partial charge < -0.3 is 0 Å². The topological polar surface area (TPSA) is 54.0 Å². The lowest BCUT2D eigenvalue weighted by Gasteiger charge is -2.05. The third-order valence-corrected chi connectivity index (χ3v) is 3.80. The number of nitrogens with zero attached hydrogens (tertiary/aromatic N) is 4. The molecule has 0 amide bonds. The van der Waals surface area contributed by atoms with Crippen molar-refractivity contribution in [3.8, 4) is 28.5 Å². The van der Waals surface area contributed by atoms with Crippen LogP contribution in [0.1, 0.15) is 5.56 Å². The molecule has 0 fully saturated rings. The second-order valence-corrected chi connectivity index (χ2v) is 5.15. The molecule has 3 aromatic heterocycles. The summed E-state index contributed by atoms with van der Waals surface area (Å²) in [6.07, 6.45) is 5.21. The van der Waals surface area contributed by atoms with E-state index in [4.69, 9.17) is 5.10 Å². The first-order valence-electron chi connectivity index (χ1n) is 7.26. The van der Waals surface area contributed by atoms with Crippen molar-refractivity contribution in [2.45, 2.75) is 0 Å². The molecule has 0 saturated heterocycles. The highest BCUT2D eigenvalue weighted by atomic mass is 15.2. The van der Waals surface area contributed by atoms with E-state index in [2.05, 4.69) is 11.1 Å². The molecular formula is C19H12N4. The smallest absolute Gasteiger partial charge is 0.101 e. The molecule has 0 N–H and O–H groups in total. The average molecular weight is 296 g/mol. The lowest BCUT2D eigenvalue weighted by Crippen LogP contribution is -1.88. The van der Waals surface area contributed by atoms with Gasteiger partial charge in [0, 0.05) is 35.3 Å². The van der Waals surface area contributed by atoms with Gasteiger partial charge in [0.2, 0.25) is 0 Å². The molecule has 0 unspecified atom stereocenters. The number of nitriles is 1. The lowest BCUT2D eigenvalue weighted by atomic mass is 9.97. The van der Waals surface area contributed by atoms with Crippen molar-refractivity contribution in [3.05, 3.63) is 78.8 Å². The second kappa shape index (κ2) is 5.39. The van der Waals surface area contributed by atoms with E-state index < -0.39 is 0 Å². The standard InChI is InChI=1S/C19H12N4/c20-12-15-13-21-10-9-16(15)18-17-8-4-5-11-23(17)22-19(18)14-6-2-1-3-7-14/h1-11,13H. The largest absolute Gasteiger partial charge is 0.263 e. The van der Waals surface area contributed by atoms with Crippen molar-refractivity contribution in [1.29, 1.82) is 5.26 Å². The van der Waals surface area contributed by atoms with Gasteiger partial charge in [0.05, 0.1) is 11.1 Å². The molecule has 23 heavy (non-hydrogen) atoms. The molecule has 4 nitrogen and oxygen atoms in total. The number of pyridine rings is 2. The SMILES string of the molecule is N#Cc1cnccc1-c1c(-c2ccccc2)nn2ccccc12. The van der Waals surface area contributed by atoms with Crippen molar-refractivity contribution in [3.63, 3.8) is 0 Å². The third-order valence-electron chi connectivity index (χ3n) is 3.80. The van der Waals surface area contributed by atoms with Crippen molar-refractivity contribution >= 4 is 5.52 Å². The van der Waals surface area contributed by atoms with E-state index in [0.717, 1.165) is 27.9 Å². The summed E-state index contributed by atoms with van der Waals surface area (Å²) in [5.74, 6) is 0. The van der Waals surface area contributed by atoms with Crippen LogP contribution in [0.5, 0.6) is 0 Å². The number of hydrogen-bond donors (Lipinski definition) is 0. The van der Waals surface area contributed by atoms with Gasteiger partial charge >= 0.3 is 0 Å². The summed E-state index contributed by atoms with van der Waals surface area (Å²) < 4.78 is 1.85. The summed E-state index contributed by atoms with van der Waals surface area (Å²) in [6.45, 7) is 0. The molecule has 3 heterocycles. The molecule has 0 atom stereocenters. The fourth-order valence-electron chi connectivity index (χ4n) is 2.76. The van der Waals surface area contributed by atoms with E-state index in [0.29, 0.717) is 5.56 Å². The zero-order valence-electron chi connectivity index (χ0n) is 12.2. The minimum atomic E-state index is 0.545. The molecule has 108 valence electrons. The number of hydrogen-bond acceptors (Lipinski definition) is 3. The highest BCUT2D eigenvalue weighted by molar-refractivity contribution is 5.93. The van der Waals surface area contributed by atoms with E-state index in [1.54, 1.807) is 12.4 Å². The van der Waals surface area contributed by atoms with Gasteiger partial charge in [-0.15, -0.1) is 0 Å². The quantitative estimate of drug-likeness (QED) is 0.563. The van der Waals surface area contributed by atoms with Gasteiger partial charge in [-0.2, -0.15) is 10.4 Å². The maximum atomic E-state index is 9.43. The fourth-order valence-corrected chi connectivity index (χ4v) is 2.76. The summed E-state index contributed by atoms with van der Waals surface area (Å²) in [5, 5.41) is 14.2. The van der Waals surface area contributed by atoms with Crippen LogP contribution in [0.15, 0.2) is 73.2 Å². The Hall–Kier alpha value is -3.45. The van der Waals surface area contributed by atoms with Crippen molar-refractivity contribution in [1.82, 2.24) is 14.6 Å². The summed E-state index contributed by atoms with van der Waals surface area (Å²) in [5.41, 5.74) is 5.20.